The summed E-state index contributed by atoms with van der Waals surface area (Å²) in [7, 11) is 1.79. The van der Waals surface area contributed by atoms with Crippen LogP contribution in [-0.2, 0) is 13.5 Å². The van der Waals surface area contributed by atoms with Gasteiger partial charge in [-0.25, -0.2) is 4.68 Å². The fourth-order valence-electron chi connectivity index (χ4n) is 2.72. The Hall–Kier alpha value is -1.59. The third kappa shape index (κ3) is 2.19. The van der Waals surface area contributed by atoms with Crippen molar-refractivity contribution >= 4 is 11.5 Å². The first-order valence-corrected chi connectivity index (χ1v) is 6.49. The lowest BCUT2D eigenvalue weighted by atomic mass is 10.0. The van der Waals surface area contributed by atoms with Crippen LogP contribution in [0.5, 0.6) is 0 Å². The zero-order chi connectivity index (χ0) is 13.3. The minimum absolute atomic E-state index is 0.189. The second-order valence-electron chi connectivity index (χ2n) is 5.05. The van der Waals surface area contributed by atoms with E-state index in [4.69, 9.17) is 0 Å². The van der Waals surface area contributed by atoms with Crippen LogP contribution in [-0.4, -0.2) is 27.8 Å². The highest BCUT2D eigenvalue weighted by atomic mass is 16.6. The first kappa shape index (κ1) is 12.9. The van der Waals surface area contributed by atoms with E-state index in [9.17, 15) is 10.1 Å². The van der Waals surface area contributed by atoms with E-state index in [1.165, 1.54) is 6.42 Å². The van der Waals surface area contributed by atoms with E-state index < -0.39 is 0 Å². The maximum absolute atomic E-state index is 11.3. The summed E-state index contributed by atoms with van der Waals surface area (Å²) in [6, 6.07) is 0. The van der Waals surface area contributed by atoms with Crippen LogP contribution in [0.3, 0.4) is 0 Å². The number of piperidine rings is 1. The molecule has 18 heavy (non-hydrogen) atoms. The average molecular weight is 252 g/mol. The lowest BCUT2D eigenvalue weighted by Gasteiger charge is -2.31. The highest BCUT2D eigenvalue weighted by Crippen LogP contribution is 2.34. The molecular formula is C12H20N4O2. The number of nitro groups is 1. The van der Waals surface area contributed by atoms with Gasteiger partial charge in [0.2, 0.25) is 5.82 Å². The molecule has 1 aromatic heterocycles. The molecule has 100 valence electrons. The number of aryl methyl sites for hydroxylation is 2. The molecule has 0 saturated carbocycles. The van der Waals surface area contributed by atoms with Gasteiger partial charge in [0.1, 0.15) is 5.69 Å². The molecule has 0 aromatic carbocycles. The quantitative estimate of drug-likeness (QED) is 0.610. The Morgan fingerprint density at radius 2 is 2.28 bits per heavy atom. The van der Waals surface area contributed by atoms with Crippen molar-refractivity contribution in [3.63, 3.8) is 0 Å². The van der Waals surface area contributed by atoms with Gasteiger partial charge in [-0.3, -0.25) is 10.1 Å². The summed E-state index contributed by atoms with van der Waals surface area (Å²) >= 11 is 0. The lowest BCUT2D eigenvalue weighted by molar-refractivity contribution is -0.384. The van der Waals surface area contributed by atoms with E-state index in [-0.39, 0.29) is 10.6 Å². The van der Waals surface area contributed by atoms with Gasteiger partial charge >= 0.3 is 5.69 Å². The topological polar surface area (TPSA) is 64.2 Å². The third-order valence-corrected chi connectivity index (χ3v) is 3.54. The Labute approximate surface area is 107 Å². The van der Waals surface area contributed by atoms with Crippen LogP contribution in [0.15, 0.2) is 0 Å². The van der Waals surface area contributed by atoms with Crippen molar-refractivity contribution in [2.24, 2.45) is 13.0 Å². The van der Waals surface area contributed by atoms with Crippen molar-refractivity contribution in [1.29, 1.82) is 0 Å². The highest BCUT2D eigenvalue weighted by molar-refractivity contribution is 5.61. The van der Waals surface area contributed by atoms with Crippen LogP contribution in [0.25, 0.3) is 0 Å². The summed E-state index contributed by atoms with van der Waals surface area (Å²) in [5, 5.41) is 15.5. The van der Waals surface area contributed by atoms with Gasteiger partial charge in [-0.1, -0.05) is 13.8 Å². The number of aromatic nitrogens is 2. The summed E-state index contributed by atoms with van der Waals surface area (Å²) in [6.07, 6.45) is 2.88. The summed E-state index contributed by atoms with van der Waals surface area (Å²) in [4.78, 5) is 13.1. The van der Waals surface area contributed by atoms with Gasteiger partial charge in [0.25, 0.3) is 0 Å². The minimum atomic E-state index is -0.291. The molecule has 1 aliphatic rings. The van der Waals surface area contributed by atoms with Gasteiger partial charge in [-0.15, -0.1) is 0 Å². The maximum atomic E-state index is 11.3. The number of anilines is 1. The molecule has 0 amide bonds. The molecule has 1 aliphatic heterocycles. The van der Waals surface area contributed by atoms with Crippen molar-refractivity contribution in [3.8, 4) is 0 Å². The molecule has 1 aromatic rings. The molecule has 1 saturated heterocycles. The van der Waals surface area contributed by atoms with Crippen LogP contribution in [0.1, 0.15) is 32.4 Å². The predicted octanol–water partition coefficient (Wildman–Crippen LogP) is 2.13. The molecule has 6 heteroatoms. The van der Waals surface area contributed by atoms with Gasteiger partial charge in [-0.05, 0) is 25.2 Å². The first-order chi connectivity index (χ1) is 8.54. The van der Waals surface area contributed by atoms with Gasteiger partial charge < -0.3 is 4.90 Å². The van der Waals surface area contributed by atoms with E-state index in [1.807, 2.05) is 6.92 Å². The van der Waals surface area contributed by atoms with Gasteiger partial charge in [0, 0.05) is 20.1 Å². The number of nitrogens with zero attached hydrogens (tertiary/aromatic N) is 4. The van der Waals surface area contributed by atoms with Crippen LogP contribution in [0.4, 0.5) is 11.5 Å². The van der Waals surface area contributed by atoms with Crippen molar-refractivity contribution < 1.29 is 4.92 Å². The van der Waals surface area contributed by atoms with Gasteiger partial charge in [0.05, 0.1) is 4.92 Å². The Morgan fingerprint density at radius 1 is 1.56 bits per heavy atom. The smallest absolute Gasteiger partial charge is 0.334 e. The average Bonchev–Trinajstić information content (AvgIpc) is 2.66. The fraction of sp³-hybridized carbons (Fsp3) is 0.750. The molecule has 1 unspecified atom stereocenters. The van der Waals surface area contributed by atoms with E-state index in [0.29, 0.717) is 23.9 Å². The second kappa shape index (κ2) is 4.96. The summed E-state index contributed by atoms with van der Waals surface area (Å²) in [5.74, 6) is 1.25. The van der Waals surface area contributed by atoms with Crippen LogP contribution >= 0.6 is 0 Å². The van der Waals surface area contributed by atoms with Crippen LogP contribution in [0, 0.1) is 16.0 Å². The van der Waals surface area contributed by atoms with Gasteiger partial charge in [0.15, 0.2) is 0 Å². The van der Waals surface area contributed by atoms with Gasteiger partial charge in [-0.2, -0.15) is 5.10 Å². The molecule has 2 heterocycles. The summed E-state index contributed by atoms with van der Waals surface area (Å²) in [6.45, 7) is 5.85. The van der Waals surface area contributed by atoms with Crippen molar-refractivity contribution in [3.05, 3.63) is 15.8 Å². The van der Waals surface area contributed by atoms with E-state index in [1.54, 1.807) is 11.7 Å². The van der Waals surface area contributed by atoms with Crippen molar-refractivity contribution in [2.75, 3.05) is 18.0 Å². The minimum Gasteiger partial charge on any atom is -0.351 e. The highest BCUT2D eigenvalue weighted by Gasteiger charge is 2.31. The monoisotopic (exact) mass is 252 g/mol. The zero-order valence-corrected chi connectivity index (χ0v) is 11.2. The maximum Gasteiger partial charge on any atom is 0.334 e. The normalized spacial score (nSPS) is 20.2. The Kier molecular flexibility index (Phi) is 3.54. The largest absolute Gasteiger partial charge is 0.351 e. The molecule has 6 nitrogen and oxygen atoms in total. The molecule has 2 rings (SSSR count). The molecule has 0 aliphatic carbocycles. The standard InChI is InChI=1S/C12H20N4O2/c1-4-10-11(16(17)18)12(14(3)13-10)15-7-5-6-9(2)8-15/h9H,4-8H2,1-3H3. The van der Waals surface area contributed by atoms with Crippen molar-refractivity contribution in [2.45, 2.75) is 33.1 Å². The molecule has 1 atom stereocenters. The number of hydrogen-bond donors (Lipinski definition) is 0. The summed E-state index contributed by atoms with van der Waals surface area (Å²) in [5.41, 5.74) is 0.768. The SMILES string of the molecule is CCc1nn(C)c(N2CCCC(C)C2)c1[N+](=O)[O-]. The number of hydrogen-bond acceptors (Lipinski definition) is 4. The molecule has 0 bridgehead atoms. The van der Waals surface area contributed by atoms with E-state index in [2.05, 4.69) is 16.9 Å². The van der Waals surface area contributed by atoms with Crippen LogP contribution < -0.4 is 4.90 Å². The molecule has 1 fully saturated rings. The lowest BCUT2D eigenvalue weighted by Crippen LogP contribution is -2.35. The predicted molar refractivity (Wildman–Crippen MR) is 69.9 cm³/mol. The van der Waals surface area contributed by atoms with Crippen molar-refractivity contribution in [1.82, 2.24) is 9.78 Å². The molecule has 0 N–H and O–H groups in total. The Morgan fingerprint density at radius 3 is 2.83 bits per heavy atom. The number of rotatable bonds is 3. The van der Waals surface area contributed by atoms with E-state index in [0.717, 1.165) is 19.5 Å². The third-order valence-electron chi connectivity index (χ3n) is 3.54. The fourth-order valence-corrected chi connectivity index (χ4v) is 2.72. The first-order valence-electron chi connectivity index (χ1n) is 6.49. The molecule has 0 spiro atoms. The van der Waals surface area contributed by atoms with E-state index >= 15 is 0 Å². The molecular weight excluding hydrogens is 232 g/mol. The van der Waals surface area contributed by atoms with Crippen LogP contribution in [0.2, 0.25) is 0 Å². The molecule has 0 radical (unpaired) electrons. The zero-order valence-electron chi connectivity index (χ0n) is 11.2. The summed E-state index contributed by atoms with van der Waals surface area (Å²) < 4.78 is 1.66. The Balaban J connectivity index is 2.42. The second-order valence-corrected chi connectivity index (χ2v) is 5.05. The Bertz CT molecular complexity index is 455.